The summed E-state index contributed by atoms with van der Waals surface area (Å²) >= 11 is 6.30. The molecule has 3 rings (SSSR count). The quantitative estimate of drug-likeness (QED) is 0.738. The number of hydrogen-bond acceptors (Lipinski definition) is 4. The van der Waals surface area contributed by atoms with Crippen LogP contribution in [0.1, 0.15) is 22.9 Å². The lowest BCUT2D eigenvalue weighted by atomic mass is 9.90. The molecule has 6 heteroatoms. The Labute approximate surface area is 145 Å². The van der Waals surface area contributed by atoms with E-state index in [2.05, 4.69) is 15.0 Å². The minimum Gasteiger partial charge on any atom is -0.495 e. The van der Waals surface area contributed by atoms with Gasteiger partial charge in [0.05, 0.1) is 25.6 Å². The first-order chi connectivity index (χ1) is 11.7. The number of aromatic nitrogens is 3. The van der Waals surface area contributed by atoms with Crippen LogP contribution < -0.4 is 9.47 Å². The van der Waals surface area contributed by atoms with Crippen molar-refractivity contribution in [3.63, 3.8) is 0 Å². The average Bonchev–Trinajstić information content (AvgIpc) is 3.14. The topological polar surface area (TPSA) is 60.0 Å². The van der Waals surface area contributed by atoms with Crippen LogP contribution >= 0.6 is 11.6 Å². The minimum atomic E-state index is -0.0132. The molecule has 0 aliphatic carbocycles. The summed E-state index contributed by atoms with van der Waals surface area (Å²) in [6.45, 7) is 0. The van der Waals surface area contributed by atoms with Gasteiger partial charge in [-0.3, -0.25) is 0 Å². The lowest BCUT2D eigenvalue weighted by Gasteiger charge is -2.19. The summed E-state index contributed by atoms with van der Waals surface area (Å²) < 4.78 is 10.7. The van der Waals surface area contributed by atoms with Crippen LogP contribution in [0.3, 0.4) is 0 Å². The van der Waals surface area contributed by atoms with E-state index in [0.717, 1.165) is 17.0 Å². The lowest BCUT2D eigenvalue weighted by molar-refractivity contribution is 0.395. The van der Waals surface area contributed by atoms with Crippen molar-refractivity contribution >= 4 is 11.6 Å². The molecule has 0 aliphatic rings. The van der Waals surface area contributed by atoms with Gasteiger partial charge in [0.25, 0.3) is 0 Å². The number of halogens is 1. The van der Waals surface area contributed by atoms with Gasteiger partial charge >= 0.3 is 0 Å². The molecule has 0 amide bonds. The highest BCUT2D eigenvalue weighted by Crippen LogP contribution is 2.37. The number of hydrogen-bond donors (Lipinski definition) is 1. The Morgan fingerprint density at radius 1 is 1.12 bits per heavy atom. The summed E-state index contributed by atoms with van der Waals surface area (Å²) in [5, 5.41) is 0.582. The standard InChI is InChI=1S/C18H18ClN3O2/c1-23-17-8-3-5-12(22-17)9-14(16-10-20-11-21-16)13-6-4-7-15(19)18(13)24-2/h3-8,10-11,14H,9H2,1-2H3,(H,20,21)/t14-/m0/s1. The first kappa shape index (κ1) is 16.3. The highest BCUT2D eigenvalue weighted by atomic mass is 35.5. The van der Waals surface area contributed by atoms with Gasteiger partial charge in [-0.25, -0.2) is 9.97 Å². The van der Waals surface area contributed by atoms with Crippen molar-refractivity contribution in [3.8, 4) is 11.6 Å². The second kappa shape index (κ2) is 7.36. The molecule has 0 saturated heterocycles. The molecule has 1 N–H and O–H groups in total. The minimum absolute atomic E-state index is 0.0132. The van der Waals surface area contributed by atoms with Crippen molar-refractivity contribution in [1.82, 2.24) is 15.0 Å². The zero-order chi connectivity index (χ0) is 16.9. The van der Waals surface area contributed by atoms with Gasteiger partial charge < -0.3 is 14.5 Å². The third-order valence-corrected chi connectivity index (χ3v) is 4.17. The molecule has 5 nitrogen and oxygen atoms in total. The average molecular weight is 344 g/mol. The van der Waals surface area contributed by atoms with Crippen molar-refractivity contribution in [2.45, 2.75) is 12.3 Å². The Morgan fingerprint density at radius 2 is 1.96 bits per heavy atom. The largest absolute Gasteiger partial charge is 0.495 e. The van der Waals surface area contributed by atoms with Crippen LogP contribution in [-0.4, -0.2) is 29.2 Å². The smallest absolute Gasteiger partial charge is 0.213 e. The van der Waals surface area contributed by atoms with E-state index in [4.69, 9.17) is 21.1 Å². The second-order valence-corrected chi connectivity index (χ2v) is 5.70. The molecular weight excluding hydrogens is 326 g/mol. The SMILES string of the molecule is COc1cccc(C[C@H](c2cnc[nH]2)c2cccc(Cl)c2OC)n1. The zero-order valence-corrected chi connectivity index (χ0v) is 14.2. The molecule has 124 valence electrons. The lowest BCUT2D eigenvalue weighted by Crippen LogP contribution is -2.09. The molecule has 3 aromatic rings. The fraction of sp³-hybridized carbons (Fsp3) is 0.222. The van der Waals surface area contributed by atoms with Crippen LogP contribution in [0.5, 0.6) is 11.6 Å². The maximum Gasteiger partial charge on any atom is 0.213 e. The molecule has 0 unspecified atom stereocenters. The number of aromatic amines is 1. The fourth-order valence-electron chi connectivity index (χ4n) is 2.75. The van der Waals surface area contributed by atoms with Crippen LogP contribution in [0.15, 0.2) is 48.9 Å². The highest BCUT2D eigenvalue weighted by Gasteiger charge is 2.22. The molecule has 2 aromatic heterocycles. The number of nitrogens with zero attached hydrogens (tertiary/aromatic N) is 2. The molecule has 0 aliphatic heterocycles. The zero-order valence-electron chi connectivity index (χ0n) is 13.5. The molecule has 24 heavy (non-hydrogen) atoms. The summed E-state index contributed by atoms with van der Waals surface area (Å²) in [7, 11) is 3.23. The predicted molar refractivity (Wildman–Crippen MR) is 92.9 cm³/mol. The van der Waals surface area contributed by atoms with E-state index >= 15 is 0 Å². The van der Waals surface area contributed by atoms with Crippen LogP contribution in [-0.2, 0) is 6.42 Å². The highest BCUT2D eigenvalue weighted by molar-refractivity contribution is 6.32. The van der Waals surface area contributed by atoms with Gasteiger partial charge in [-0.05, 0) is 12.1 Å². The predicted octanol–water partition coefficient (Wildman–Crippen LogP) is 3.85. The van der Waals surface area contributed by atoms with Crippen LogP contribution in [0, 0.1) is 0 Å². The monoisotopic (exact) mass is 343 g/mol. The van der Waals surface area contributed by atoms with Gasteiger partial charge in [0.15, 0.2) is 0 Å². The molecule has 0 spiro atoms. The molecule has 0 saturated carbocycles. The number of benzene rings is 1. The van der Waals surface area contributed by atoms with Gasteiger partial charge in [0, 0.05) is 41.6 Å². The maximum absolute atomic E-state index is 6.30. The third kappa shape index (κ3) is 3.36. The van der Waals surface area contributed by atoms with Crippen molar-refractivity contribution in [2.75, 3.05) is 14.2 Å². The van der Waals surface area contributed by atoms with Crippen LogP contribution in [0.4, 0.5) is 0 Å². The Kier molecular flexibility index (Phi) is 5.01. The van der Waals surface area contributed by atoms with E-state index < -0.39 is 0 Å². The van der Waals surface area contributed by atoms with Gasteiger partial charge in [0.1, 0.15) is 5.75 Å². The van der Waals surface area contributed by atoms with Crippen LogP contribution in [0.25, 0.3) is 0 Å². The third-order valence-electron chi connectivity index (χ3n) is 3.88. The maximum atomic E-state index is 6.30. The Bertz CT molecular complexity index is 806. The molecular formula is C18H18ClN3O2. The van der Waals surface area contributed by atoms with E-state index in [1.165, 1.54) is 0 Å². The van der Waals surface area contributed by atoms with Gasteiger partial charge in [-0.2, -0.15) is 0 Å². The Hall–Kier alpha value is -2.53. The number of ether oxygens (including phenoxy) is 2. The number of rotatable bonds is 6. The number of pyridine rings is 1. The van der Waals surface area contributed by atoms with E-state index in [0.29, 0.717) is 23.1 Å². The van der Waals surface area contributed by atoms with E-state index in [9.17, 15) is 0 Å². The molecule has 2 heterocycles. The van der Waals surface area contributed by atoms with E-state index in [-0.39, 0.29) is 5.92 Å². The fourth-order valence-corrected chi connectivity index (χ4v) is 3.01. The van der Waals surface area contributed by atoms with Crippen molar-refractivity contribution in [2.24, 2.45) is 0 Å². The Balaban J connectivity index is 2.03. The van der Waals surface area contributed by atoms with Gasteiger partial charge in [-0.1, -0.05) is 29.8 Å². The first-order valence-electron chi connectivity index (χ1n) is 7.53. The molecule has 1 aromatic carbocycles. The number of para-hydroxylation sites is 1. The molecule has 0 radical (unpaired) electrons. The van der Waals surface area contributed by atoms with E-state index in [1.54, 1.807) is 20.5 Å². The molecule has 1 atom stereocenters. The van der Waals surface area contributed by atoms with E-state index in [1.807, 2.05) is 42.6 Å². The van der Waals surface area contributed by atoms with Crippen molar-refractivity contribution < 1.29 is 9.47 Å². The normalized spacial score (nSPS) is 12.0. The number of nitrogens with one attached hydrogen (secondary N) is 1. The summed E-state index contributed by atoms with van der Waals surface area (Å²) in [6.07, 6.45) is 4.14. The summed E-state index contributed by atoms with van der Waals surface area (Å²) in [5.41, 5.74) is 2.87. The number of imidazole rings is 1. The summed E-state index contributed by atoms with van der Waals surface area (Å²) in [6, 6.07) is 11.5. The molecule has 0 bridgehead atoms. The van der Waals surface area contributed by atoms with Gasteiger partial charge in [0.2, 0.25) is 5.88 Å². The number of methoxy groups -OCH3 is 2. The first-order valence-corrected chi connectivity index (χ1v) is 7.91. The van der Waals surface area contributed by atoms with Crippen LogP contribution in [0.2, 0.25) is 5.02 Å². The van der Waals surface area contributed by atoms with Crippen molar-refractivity contribution in [3.05, 3.63) is 70.9 Å². The number of H-pyrrole nitrogens is 1. The summed E-state index contributed by atoms with van der Waals surface area (Å²) in [4.78, 5) is 11.8. The van der Waals surface area contributed by atoms with Gasteiger partial charge in [-0.15, -0.1) is 0 Å². The second-order valence-electron chi connectivity index (χ2n) is 5.30. The summed E-state index contributed by atoms with van der Waals surface area (Å²) in [5.74, 6) is 1.25. The molecule has 0 fully saturated rings. The van der Waals surface area contributed by atoms with Crippen molar-refractivity contribution in [1.29, 1.82) is 0 Å². The Morgan fingerprint density at radius 3 is 2.67 bits per heavy atom.